The summed E-state index contributed by atoms with van der Waals surface area (Å²) in [6.07, 6.45) is 1.21. The molecular formula is C7H12O3. The number of hydrogen-bond acceptors (Lipinski definition) is 2. The number of carbonyl (C=O) groups is 1. The fraction of sp³-hybridized carbons (Fsp3) is 0.857. The van der Waals surface area contributed by atoms with Crippen LogP contribution in [0.15, 0.2) is 0 Å². The minimum absolute atomic E-state index is 0.603. The second-order valence-electron chi connectivity index (χ2n) is 3.45. The van der Waals surface area contributed by atoms with Crippen molar-refractivity contribution >= 4 is 5.97 Å². The number of aliphatic carboxylic acids is 1. The monoisotopic (exact) mass is 144 g/mol. The van der Waals surface area contributed by atoms with Crippen LogP contribution in [0.2, 0.25) is 0 Å². The van der Waals surface area contributed by atoms with Gasteiger partial charge < -0.3 is 10.2 Å². The van der Waals surface area contributed by atoms with Gasteiger partial charge in [-0.3, -0.25) is 4.79 Å². The van der Waals surface area contributed by atoms with Gasteiger partial charge in [0.25, 0.3) is 0 Å². The first-order valence-electron chi connectivity index (χ1n) is 3.36. The molecule has 0 aromatic rings. The number of rotatable bonds is 2. The molecule has 0 radical (unpaired) electrons. The van der Waals surface area contributed by atoms with E-state index in [9.17, 15) is 9.90 Å². The van der Waals surface area contributed by atoms with E-state index in [1.165, 1.54) is 0 Å². The second-order valence-corrected chi connectivity index (χ2v) is 3.45. The first-order chi connectivity index (χ1) is 4.40. The molecule has 2 N–H and O–H groups in total. The molecule has 1 saturated carbocycles. The predicted molar refractivity (Wildman–Crippen MR) is 35.6 cm³/mol. The average molecular weight is 144 g/mol. The van der Waals surface area contributed by atoms with Crippen LogP contribution >= 0.6 is 0 Å². The number of aliphatic hydroxyl groups is 1. The molecular weight excluding hydrogens is 132 g/mol. The van der Waals surface area contributed by atoms with Crippen molar-refractivity contribution in [3.8, 4) is 0 Å². The van der Waals surface area contributed by atoms with Crippen LogP contribution in [0, 0.1) is 5.41 Å². The van der Waals surface area contributed by atoms with Gasteiger partial charge in [-0.1, -0.05) is 0 Å². The summed E-state index contributed by atoms with van der Waals surface area (Å²) in [5.41, 5.74) is -1.91. The lowest BCUT2D eigenvalue weighted by atomic mass is 9.88. The van der Waals surface area contributed by atoms with E-state index in [0.29, 0.717) is 12.8 Å². The first kappa shape index (κ1) is 7.54. The molecule has 3 heteroatoms. The third-order valence-electron chi connectivity index (χ3n) is 2.33. The highest BCUT2D eigenvalue weighted by molar-refractivity contribution is 5.79. The summed E-state index contributed by atoms with van der Waals surface area (Å²) in [5.74, 6) is -0.875. The standard InChI is InChI=1S/C7H12O3/c1-6(2,10)7(3-4-7)5(8)9/h10H,3-4H2,1-2H3,(H,8,9). The van der Waals surface area contributed by atoms with Gasteiger partial charge in [-0.2, -0.15) is 0 Å². The highest BCUT2D eigenvalue weighted by atomic mass is 16.4. The molecule has 0 aliphatic heterocycles. The Kier molecular flexibility index (Phi) is 1.30. The van der Waals surface area contributed by atoms with Crippen LogP contribution in [-0.4, -0.2) is 21.8 Å². The fourth-order valence-electron chi connectivity index (χ4n) is 1.21. The van der Waals surface area contributed by atoms with E-state index < -0.39 is 17.0 Å². The molecule has 0 aromatic heterocycles. The number of carboxylic acid groups (broad SMARTS) is 1. The number of hydrogen-bond donors (Lipinski definition) is 2. The molecule has 1 aliphatic rings. The van der Waals surface area contributed by atoms with Crippen LogP contribution in [0.25, 0.3) is 0 Å². The van der Waals surface area contributed by atoms with Gasteiger partial charge >= 0.3 is 5.97 Å². The highest BCUT2D eigenvalue weighted by Gasteiger charge is 2.60. The topological polar surface area (TPSA) is 57.5 Å². The van der Waals surface area contributed by atoms with E-state index in [2.05, 4.69) is 0 Å². The Morgan fingerprint density at radius 1 is 1.50 bits per heavy atom. The van der Waals surface area contributed by atoms with E-state index in [1.807, 2.05) is 0 Å². The van der Waals surface area contributed by atoms with Crippen LogP contribution in [-0.2, 0) is 4.79 Å². The molecule has 0 amide bonds. The summed E-state index contributed by atoms with van der Waals surface area (Å²) >= 11 is 0. The van der Waals surface area contributed by atoms with Crippen LogP contribution in [0.5, 0.6) is 0 Å². The minimum Gasteiger partial charge on any atom is -0.481 e. The van der Waals surface area contributed by atoms with Gasteiger partial charge in [0.05, 0.1) is 11.0 Å². The third kappa shape index (κ3) is 0.814. The van der Waals surface area contributed by atoms with E-state index in [-0.39, 0.29) is 0 Å². The Labute approximate surface area is 59.7 Å². The largest absolute Gasteiger partial charge is 0.481 e. The molecule has 3 nitrogen and oxygen atoms in total. The van der Waals surface area contributed by atoms with Crippen LogP contribution in [0.1, 0.15) is 26.7 Å². The van der Waals surface area contributed by atoms with E-state index in [1.54, 1.807) is 13.8 Å². The summed E-state index contributed by atoms with van der Waals surface area (Å²) in [6.45, 7) is 3.10. The summed E-state index contributed by atoms with van der Waals surface area (Å²) in [7, 11) is 0. The van der Waals surface area contributed by atoms with Gasteiger partial charge in [0.15, 0.2) is 0 Å². The van der Waals surface area contributed by atoms with Crippen molar-refractivity contribution in [2.45, 2.75) is 32.3 Å². The summed E-state index contributed by atoms with van der Waals surface area (Å²) in [4.78, 5) is 10.6. The Balaban J connectivity index is 2.80. The van der Waals surface area contributed by atoms with E-state index in [0.717, 1.165) is 0 Å². The van der Waals surface area contributed by atoms with Crippen molar-refractivity contribution in [3.63, 3.8) is 0 Å². The maximum Gasteiger partial charge on any atom is 0.312 e. The van der Waals surface area contributed by atoms with Gasteiger partial charge in [-0.25, -0.2) is 0 Å². The van der Waals surface area contributed by atoms with Gasteiger partial charge in [0, 0.05) is 0 Å². The lowest BCUT2D eigenvalue weighted by molar-refractivity contribution is -0.153. The van der Waals surface area contributed by atoms with Crippen molar-refractivity contribution in [2.24, 2.45) is 5.41 Å². The van der Waals surface area contributed by atoms with Gasteiger partial charge in [0.1, 0.15) is 0 Å². The molecule has 1 rings (SSSR count). The smallest absolute Gasteiger partial charge is 0.312 e. The Morgan fingerprint density at radius 2 is 1.90 bits per heavy atom. The van der Waals surface area contributed by atoms with Crippen molar-refractivity contribution in [1.82, 2.24) is 0 Å². The van der Waals surface area contributed by atoms with E-state index >= 15 is 0 Å². The van der Waals surface area contributed by atoms with Crippen molar-refractivity contribution in [1.29, 1.82) is 0 Å². The molecule has 0 heterocycles. The average Bonchev–Trinajstić information content (AvgIpc) is 2.36. The minimum atomic E-state index is -1.07. The maximum atomic E-state index is 10.6. The van der Waals surface area contributed by atoms with Crippen LogP contribution in [0.4, 0.5) is 0 Å². The molecule has 0 atom stereocenters. The molecule has 0 bridgehead atoms. The first-order valence-corrected chi connectivity index (χ1v) is 3.36. The molecule has 0 unspecified atom stereocenters. The Morgan fingerprint density at radius 3 is 1.90 bits per heavy atom. The molecule has 10 heavy (non-hydrogen) atoms. The van der Waals surface area contributed by atoms with Gasteiger partial charge in [-0.15, -0.1) is 0 Å². The van der Waals surface area contributed by atoms with Crippen LogP contribution < -0.4 is 0 Å². The molecule has 0 spiro atoms. The molecule has 0 aromatic carbocycles. The third-order valence-corrected chi connectivity index (χ3v) is 2.33. The van der Waals surface area contributed by atoms with Crippen molar-refractivity contribution in [3.05, 3.63) is 0 Å². The Hall–Kier alpha value is -0.570. The van der Waals surface area contributed by atoms with Gasteiger partial charge in [-0.05, 0) is 26.7 Å². The summed E-state index contributed by atoms with van der Waals surface area (Å²) < 4.78 is 0. The zero-order valence-corrected chi connectivity index (χ0v) is 6.22. The molecule has 1 aliphatic carbocycles. The molecule has 58 valence electrons. The second kappa shape index (κ2) is 1.72. The molecule has 0 saturated heterocycles. The maximum absolute atomic E-state index is 10.6. The molecule has 1 fully saturated rings. The van der Waals surface area contributed by atoms with Gasteiger partial charge in [0.2, 0.25) is 0 Å². The SMILES string of the molecule is CC(C)(O)C1(C(=O)O)CC1. The van der Waals surface area contributed by atoms with E-state index in [4.69, 9.17) is 5.11 Å². The lowest BCUT2D eigenvalue weighted by Crippen LogP contribution is -2.38. The zero-order valence-electron chi connectivity index (χ0n) is 6.22. The van der Waals surface area contributed by atoms with Crippen molar-refractivity contribution < 1.29 is 15.0 Å². The quantitative estimate of drug-likeness (QED) is 0.597. The zero-order chi connectivity index (χ0) is 7.99. The normalized spacial score (nSPS) is 22.3. The number of carboxylic acids is 1. The lowest BCUT2D eigenvalue weighted by Gasteiger charge is -2.24. The predicted octanol–water partition coefficient (Wildman–Crippen LogP) is 0.622. The fourth-order valence-corrected chi connectivity index (χ4v) is 1.21. The summed E-state index contributed by atoms with van der Waals surface area (Å²) in [5, 5.41) is 18.1. The van der Waals surface area contributed by atoms with Crippen molar-refractivity contribution in [2.75, 3.05) is 0 Å². The Bertz CT molecular complexity index is 162. The highest BCUT2D eigenvalue weighted by Crippen LogP contribution is 2.53. The summed E-state index contributed by atoms with van der Waals surface area (Å²) in [6, 6.07) is 0. The van der Waals surface area contributed by atoms with Crippen LogP contribution in [0.3, 0.4) is 0 Å².